The van der Waals surface area contributed by atoms with E-state index in [1.165, 1.54) is 11.1 Å². The van der Waals surface area contributed by atoms with Crippen molar-refractivity contribution in [2.45, 2.75) is 33.1 Å². The monoisotopic (exact) mass is 240 g/mol. The summed E-state index contributed by atoms with van der Waals surface area (Å²) in [6.45, 7) is 8.39. The van der Waals surface area contributed by atoms with Crippen LogP contribution in [-0.2, 0) is 5.41 Å². The summed E-state index contributed by atoms with van der Waals surface area (Å²) in [5, 5.41) is 10.2. The van der Waals surface area contributed by atoms with E-state index in [0.717, 1.165) is 11.1 Å². The van der Waals surface area contributed by atoms with Crippen LogP contribution in [0.5, 0.6) is 5.75 Å². The number of phenolic OH excluding ortho intramolecular Hbond substituents is 1. The maximum Gasteiger partial charge on any atom is 0.119 e. The van der Waals surface area contributed by atoms with Crippen LogP contribution in [0.1, 0.15) is 36.1 Å². The summed E-state index contributed by atoms with van der Waals surface area (Å²) in [7, 11) is 0. The van der Waals surface area contributed by atoms with E-state index in [0.29, 0.717) is 5.75 Å². The van der Waals surface area contributed by atoms with Crippen LogP contribution < -0.4 is 0 Å². The Labute approximate surface area is 109 Å². The Morgan fingerprint density at radius 3 is 2.06 bits per heavy atom. The van der Waals surface area contributed by atoms with Crippen molar-refractivity contribution in [1.82, 2.24) is 0 Å². The largest absolute Gasteiger partial charge is 0.508 e. The van der Waals surface area contributed by atoms with Gasteiger partial charge in [0.2, 0.25) is 0 Å². The van der Waals surface area contributed by atoms with Crippen LogP contribution in [0.3, 0.4) is 0 Å². The molecule has 0 amide bonds. The number of phenols is 1. The third-order valence-electron chi connectivity index (χ3n) is 3.78. The summed E-state index contributed by atoms with van der Waals surface area (Å²) in [6.07, 6.45) is 0. The molecule has 0 saturated heterocycles. The topological polar surface area (TPSA) is 20.2 Å². The number of benzene rings is 2. The molecule has 0 fully saturated rings. The summed E-state index contributed by atoms with van der Waals surface area (Å²) < 4.78 is 0. The Morgan fingerprint density at radius 2 is 1.44 bits per heavy atom. The molecular formula is C17H20O. The summed E-state index contributed by atoms with van der Waals surface area (Å²) in [5.74, 6) is 0.381. The molecule has 1 nitrogen and oxygen atoms in total. The average molecular weight is 240 g/mol. The number of hydrogen-bond acceptors (Lipinski definition) is 1. The van der Waals surface area contributed by atoms with Crippen molar-refractivity contribution >= 4 is 0 Å². The Hall–Kier alpha value is -1.76. The van der Waals surface area contributed by atoms with Gasteiger partial charge in [-0.1, -0.05) is 50.2 Å². The summed E-state index contributed by atoms with van der Waals surface area (Å²) >= 11 is 0. The van der Waals surface area contributed by atoms with Gasteiger partial charge in [-0.15, -0.1) is 0 Å². The SMILES string of the molecule is Cc1cc(O)c(C(C)(C)c2ccccc2)cc1C. The van der Waals surface area contributed by atoms with Gasteiger partial charge in [0.25, 0.3) is 0 Å². The van der Waals surface area contributed by atoms with Crippen LogP contribution in [-0.4, -0.2) is 5.11 Å². The smallest absolute Gasteiger partial charge is 0.119 e. The molecular weight excluding hydrogens is 220 g/mol. The number of aromatic hydroxyl groups is 1. The van der Waals surface area contributed by atoms with Gasteiger partial charge >= 0.3 is 0 Å². The van der Waals surface area contributed by atoms with Gasteiger partial charge in [-0.2, -0.15) is 0 Å². The van der Waals surface area contributed by atoms with E-state index in [-0.39, 0.29) is 5.41 Å². The molecule has 0 aromatic heterocycles. The Balaban J connectivity index is 2.58. The van der Waals surface area contributed by atoms with Crippen molar-refractivity contribution < 1.29 is 5.11 Å². The lowest BCUT2D eigenvalue weighted by atomic mass is 9.77. The van der Waals surface area contributed by atoms with Crippen molar-refractivity contribution in [2.24, 2.45) is 0 Å². The highest BCUT2D eigenvalue weighted by Gasteiger charge is 2.26. The van der Waals surface area contributed by atoms with Gasteiger partial charge in [-0.05, 0) is 36.6 Å². The first kappa shape index (κ1) is 12.7. The minimum absolute atomic E-state index is 0.191. The Morgan fingerprint density at radius 1 is 0.889 bits per heavy atom. The van der Waals surface area contributed by atoms with Gasteiger partial charge in [0.05, 0.1) is 0 Å². The Bertz CT molecular complexity index is 553. The fourth-order valence-corrected chi connectivity index (χ4v) is 2.31. The summed E-state index contributed by atoms with van der Waals surface area (Å²) in [6, 6.07) is 14.3. The van der Waals surface area contributed by atoms with Gasteiger partial charge < -0.3 is 5.11 Å². The fraction of sp³-hybridized carbons (Fsp3) is 0.294. The number of aryl methyl sites for hydroxylation is 2. The van der Waals surface area contributed by atoms with Crippen molar-refractivity contribution in [1.29, 1.82) is 0 Å². The van der Waals surface area contributed by atoms with Crippen molar-refractivity contribution in [3.05, 3.63) is 64.7 Å². The number of rotatable bonds is 2. The molecule has 0 unspecified atom stereocenters. The molecule has 18 heavy (non-hydrogen) atoms. The first-order valence-corrected chi connectivity index (χ1v) is 6.29. The van der Waals surface area contributed by atoms with Crippen LogP contribution in [0.15, 0.2) is 42.5 Å². The molecule has 0 aliphatic rings. The minimum atomic E-state index is -0.191. The molecule has 2 rings (SSSR count). The zero-order valence-electron chi connectivity index (χ0n) is 11.5. The maximum absolute atomic E-state index is 10.2. The highest BCUT2D eigenvalue weighted by atomic mass is 16.3. The molecule has 0 aliphatic heterocycles. The van der Waals surface area contributed by atoms with Gasteiger partial charge in [0.1, 0.15) is 5.75 Å². The summed E-state index contributed by atoms with van der Waals surface area (Å²) in [5.41, 5.74) is 4.34. The van der Waals surface area contributed by atoms with E-state index in [4.69, 9.17) is 0 Å². The van der Waals surface area contributed by atoms with Crippen LogP contribution in [0, 0.1) is 13.8 Å². The highest BCUT2D eigenvalue weighted by Crippen LogP contribution is 2.37. The van der Waals surface area contributed by atoms with E-state index in [2.05, 4.69) is 39.0 Å². The van der Waals surface area contributed by atoms with E-state index in [1.807, 2.05) is 31.2 Å². The molecule has 1 heteroatoms. The fourth-order valence-electron chi connectivity index (χ4n) is 2.31. The lowest BCUT2D eigenvalue weighted by Crippen LogP contribution is -2.19. The molecule has 0 spiro atoms. The highest BCUT2D eigenvalue weighted by molar-refractivity contribution is 5.49. The first-order chi connectivity index (χ1) is 8.43. The van der Waals surface area contributed by atoms with E-state index < -0.39 is 0 Å². The summed E-state index contributed by atoms with van der Waals surface area (Å²) in [4.78, 5) is 0. The quantitative estimate of drug-likeness (QED) is 0.828. The van der Waals surface area contributed by atoms with Gasteiger partial charge in [-0.3, -0.25) is 0 Å². The second kappa shape index (κ2) is 4.49. The molecule has 0 aliphatic carbocycles. The zero-order valence-corrected chi connectivity index (χ0v) is 11.5. The molecule has 2 aromatic rings. The second-order valence-electron chi connectivity index (χ2n) is 5.44. The van der Waals surface area contributed by atoms with Gasteiger partial charge in [0, 0.05) is 11.0 Å². The standard InChI is InChI=1S/C17H20O/c1-12-10-15(16(18)11-13(12)2)17(3,4)14-8-6-5-7-9-14/h5-11,18H,1-4H3. The third-order valence-corrected chi connectivity index (χ3v) is 3.78. The lowest BCUT2D eigenvalue weighted by molar-refractivity contribution is 0.452. The predicted molar refractivity (Wildman–Crippen MR) is 76.2 cm³/mol. The van der Waals surface area contributed by atoms with Crippen molar-refractivity contribution in [3.63, 3.8) is 0 Å². The molecule has 0 heterocycles. The Kier molecular flexibility index (Phi) is 3.16. The van der Waals surface area contributed by atoms with Gasteiger partial charge in [0.15, 0.2) is 0 Å². The number of hydrogen-bond donors (Lipinski definition) is 1. The van der Waals surface area contributed by atoms with E-state index in [1.54, 1.807) is 0 Å². The van der Waals surface area contributed by atoms with Crippen molar-refractivity contribution in [2.75, 3.05) is 0 Å². The molecule has 2 aromatic carbocycles. The van der Waals surface area contributed by atoms with Crippen LogP contribution in [0.2, 0.25) is 0 Å². The van der Waals surface area contributed by atoms with Crippen LogP contribution >= 0.6 is 0 Å². The van der Waals surface area contributed by atoms with E-state index >= 15 is 0 Å². The minimum Gasteiger partial charge on any atom is -0.508 e. The molecule has 0 bridgehead atoms. The second-order valence-corrected chi connectivity index (χ2v) is 5.44. The molecule has 0 atom stereocenters. The average Bonchev–Trinajstić information content (AvgIpc) is 2.34. The molecule has 0 radical (unpaired) electrons. The van der Waals surface area contributed by atoms with E-state index in [9.17, 15) is 5.11 Å². The maximum atomic E-state index is 10.2. The molecule has 1 N–H and O–H groups in total. The van der Waals surface area contributed by atoms with Crippen LogP contribution in [0.25, 0.3) is 0 Å². The zero-order chi connectivity index (χ0) is 13.3. The van der Waals surface area contributed by atoms with Gasteiger partial charge in [-0.25, -0.2) is 0 Å². The lowest BCUT2D eigenvalue weighted by Gasteiger charge is -2.27. The third kappa shape index (κ3) is 2.13. The normalized spacial score (nSPS) is 11.6. The van der Waals surface area contributed by atoms with Crippen molar-refractivity contribution in [3.8, 4) is 5.75 Å². The first-order valence-electron chi connectivity index (χ1n) is 6.29. The molecule has 0 saturated carbocycles. The predicted octanol–water partition coefficient (Wildman–Crippen LogP) is 4.33. The van der Waals surface area contributed by atoms with Crippen LogP contribution in [0.4, 0.5) is 0 Å². The molecule has 94 valence electrons.